The Morgan fingerprint density at radius 3 is 2.62 bits per heavy atom. The molecule has 0 bridgehead atoms. The molecule has 1 saturated heterocycles. The van der Waals surface area contributed by atoms with E-state index in [1.54, 1.807) is 22.5 Å². The first-order valence-corrected chi connectivity index (χ1v) is 10.5. The van der Waals surface area contributed by atoms with Gasteiger partial charge in [0.1, 0.15) is 5.01 Å². The molecule has 0 saturated carbocycles. The van der Waals surface area contributed by atoms with Crippen LogP contribution in [0.4, 0.5) is 0 Å². The lowest BCUT2D eigenvalue weighted by molar-refractivity contribution is 0.250. The van der Waals surface area contributed by atoms with Gasteiger partial charge in [-0.1, -0.05) is 12.1 Å². The number of nitrogens with zero attached hydrogens (tertiary/aromatic N) is 2. The summed E-state index contributed by atoms with van der Waals surface area (Å²) in [7, 11) is -3.47. The smallest absolute Gasteiger partial charge is 0.243 e. The lowest BCUT2D eigenvalue weighted by Gasteiger charge is -2.33. The Morgan fingerprint density at radius 1 is 1.33 bits per heavy atom. The zero-order chi connectivity index (χ0) is 17.3. The van der Waals surface area contributed by atoms with E-state index in [1.807, 2.05) is 25.3 Å². The number of thiazole rings is 1. The molecule has 5 nitrogen and oxygen atoms in total. The van der Waals surface area contributed by atoms with Gasteiger partial charge in [0, 0.05) is 35.8 Å². The Morgan fingerprint density at radius 2 is 2.04 bits per heavy atom. The van der Waals surface area contributed by atoms with Crippen molar-refractivity contribution in [2.75, 3.05) is 13.1 Å². The first kappa shape index (κ1) is 17.5. The van der Waals surface area contributed by atoms with Crippen molar-refractivity contribution in [2.24, 2.45) is 11.7 Å². The van der Waals surface area contributed by atoms with Gasteiger partial charge in [0.25, 0.3) is 0 Å². The maximum atomic E-state index is 12.9. The SMILES string of the molecule is Cc1csc(-c2cccc(S(=O)(=O)N3CCC(C(C)N)CC3)c2)n1. The fourth-order valence-corrected chi connectivity index (χ4v) is 5.38. The van der Waals surface area contributed by atoms with Crippen molar-refractivity contribution in [1.82, 2.24) is 9.29 Å². The summed E-state index contributed by atoms with van der Waals surface area (Å²) in [4.78, 5) is 4.78. The molecule has 2 aromatic rings. The molecule has 3 rings (SSSR count). The van der Waals surface area contributed by atoms with Crippen LogP contribution in [0.25, 0.3) is 10.6 Å². The first-order valence-electron chi connectivity index (χ1n) is 8.16. The van der Waals surface area contributed by atoms with Gasteiger partial charge in [-0.2, -0.15) is 4.31 Å². The van der Waals surface area contributed by atoms with E-state index in [0.29, 0.717) is 23.9 Å². The average Bonchev–Trinajstić information content (AvgIpc) is 3.01. The van der Waals surface area contributed by atoms with E-state index in [0.717, 1.165) is 29.1 Å². The van der Waals surface area contributed by atoms with Gasteiger partial charge in [0.2, 0.25) is 10.0 Å². The molecule has 1 aliphatic rings. The summed E-state index contributed by atoms with van der Waals surface area (Å²) in [5.41, 5.74) is 7.74. The summed E-state index contributed by atoms with van der Waals surface area (Å²) < 4.78 is 27.4. The minimum Gasteiger partial charge on any atom is -0.328 e. The van der Waals surface area contributed by atoms with Crippen LogP contribution in [0.2, 0.25) is 0 Å². The van der Waals surface area contributed by atoms with Gasteiger partial charge in [-0.25, -0.2) is 13.4 Å². The molecule has 1 aromatic carbocycles. The van der Waals surface area contributed by atoms with E-state index in [-0.39, 0.29) is 6.04 Å². The second-order valence-electron chi connectivity index (χ2n) is 6.42. The van der Waals surface area contributed by atoms with E-state index in [1.165, 1.54) is 11.3 Å². The van der Waals surface area contributed by atoms with E-state index in [2.05, 4.69) is 4.98 Å². The zero-order valence-electron chi connectivity index (χ0n) is 14.0. The van der Waals surface area contributed by atoms with Crippen molar-refractivity contribution in [2.45, 2.75) is 37.6 Å². The molecule has 1 aliphatic heterocycles. The van der Waals surface area contributed by atoms with Gasteiger partial charge in [-0.3, -0.25) is 0 Å². The fraction of sp³-hybridized carbons (Fsp3) is 0.471. The molecular formula is C17H23N3O2S2. The lowest BCUT2D eigenvalue weighted by atomic mass is 9.92. The monoisotopic (exact) mass is 365 g/mol. The number of aryl methyl sites for hydroxylation is 1. The number of sulfonamides is 1. The van der Waals surface area contributed by atoms with Crippen LogP contribution < -0.4 is 5.73 Å². The summed E-state index contributed by atoms with van der Waals surface area (Å²) >= 11 is 1.53. The van der Waals surface area contributed by atoms with Gasteiger partial charge >= 0.3 is 0 Å². The molecule has 1 atom stereocenters. The molecule has 2 N–H and O–H groups in total. The standard InChI is InChI=1S/C17H23N3O2S2/c1-12-11-23-17(19-12)15-4-3-5-16(10-15)24(21,22)20-8-6-14(7-9-20)13(2)18/h3-5,10-11,13-14H,6-9,18H2,1-2H3. The molecule has 24 heavy (non-hydrogen) atoms. The van der Waals surface area contributed by atoms with Gasteiger partial charge in [-0.15, -0.1) is 11.3 Å². The minimum absolute atomic E-state index is 0.117. The molecule has 1 aromatic heterocycles. The van der Waals surface area contributed by atoms with E-state index < -0.39 is 10.0 Å². The maximum absolute atomic E-state index is 12.9. The minimum atomic E-state index is -3.47. The quantitative estimate of drug-likeness (QED) is 0.904. The highest BCUT2D eigenvalue weighted by Gasteiger charge is 2.30. The van der Waals surface area contributed by atoms with Crippen LogP contribution in [0.5, 0.6) is 0 Å². The number of piperidine rings is 1. The summed E-state index contributed by atoms with van der Waals surface area (Å²) in [5, 5.41) is 2.81. The highest BCUT2D eigenvalue weighted by atomic mass is 32.2. The third-order valence-electron chi connectivity index (χ3n) is 4.58. The normalized spacial score (nSPS) is 18.6. The van der Waals surface area contributed by atoms with Crippen molar-refractivity contribution < 1.29 is 8.42 Å². The Balaban J connectivity index is 1.83. The average molecular weight is 366 g/mol. The van der Waals surface area contributed by atoms with Crippen molar-refractivity contribution in [3.63, 3.8) is 0 Å². The van der Waals surface area contributed by atoms with Crippen molar-refractivity contribution in [3.05, 3.63) is 35.3 Å². The van der Waals surface area contributed by atoms with Gasteiger partial charge < -0.3 is 5.73 Å². The van der Waals surface area contributed by atoms with Gasteiger partial charge in [0.05, 0.1) is 4.90 Å². The fourth-order valence-electron chi connectivity index (χ4n) is 3.07. The number of rotatable bonds is 4. The van der Waals surface area contributed by atoms with Gasteiger partial charge in [-0.05, 0) is 44.7 Å². The topological polar surface area (TPSA) is 76.3 Å². The molecule has 130 valence electrons. The number of benzene rings is 1. The van der Waals surface area contributed by atoms with E-state index >= 15 is 0 Å². The van der Waals surface area contributed by atoms with Crippen molar-refractivity contribution >= 4 is 21.4 Å². The Kier molecular flexibility index (Phi) is 5.05. The third kappa shape index (κ3) is 3.54. The van der Waals surface area contributed by atoms with Crippen LogP contribution in [0.3, 0.4) is 0 Å². The maximum Gasteiger partial charge on any atom is 0.243 e. The number of aromatic nitrogens is 1. The third-order valence-corrected chi connectivity index (χ3v) is 7.48. The molecule has 7 heteroatoms. The number of hydrogen-bond donors (Lipinski definition) is 1. The second kappa shape index (κ2) is 6.92. The van der Waals surface area contributed by atoms with E-state index in [4.69, 9.17) is 5.73 Å². The Bertz CT molecular complexity index is 807. The highest BCUT2D eigenvalue weighted by Crippen LogP contribution is 2.29. The largest absolute Gasteiger partial charge is 0.328 e. The van der Waals surface area contributed by atoms with Crippen molar-refractivity contribution in [3.8, 4) is 10.6 Å². The molecule has 2 heterocycles. The summed E-state index contributed by atoms with van der Waals surface area (Å²) in [5.74, 6) is 0.404. The van der Waals surface area contributed by atoms with Crippen LogP contribution >= 0.6 is 11.3 Å². The molecule has 0 aliphatic carbocycles. The molecule has 0 spiro atoms. The lowest BCUT2D eigenvalue weighted by Crippen LogP contribution is -2.42. The summed E-state index contributed by atoms with van der Waals surface area (Å²) in [6.07, 6.45) is 1.64. The van der Waals surface area contributed by atoms with Crippen LogP contribution in [-0.2, 0) is 10.0 Å². The van der Waals surface area contributed by atoms with Crippen LogP contribution in [-0.4, -0.2) is 36.8 Å². The molecular weight excluding hydrogens is 342 g/mol. The van der Waals surface area contributed by atoms with Gasteiger partial charge in [0.15, 0.2) is 0 Å². The number of hydrogen-bond acceptors (Lipinski definition) is 5. The summed E-state index contributed by atoms with van der Waals surface area (Å²) in [6.45, 7) is 5.00. The molecule has 0 radical (unpaired) electrons. The zero-order valence-corrected chi connectivity index (χ0v) is 15.6. The van der Waals surface area contributed by atoms with Crippen LogP contribution in [0, 0.1) is 12.8 Å². The number of nitrogens with two attached hydrogens (primary N) is 1. The predicted molar refractivity (Wildman–Crippen MR) is 97.4 cm³/mol. The second-order valence-corrected chi connectivity index (χ2v) is 9.22. The molecule has 0 amide bonds. The predicted octanol–water partition coefficient (Wildman–Crippen LogP) is 2.87. The van der Waals surface area contributed by atoms with Crippen LogP contribution in [0.1, 0.15) is 25.5 Å². The Hall–Kier alpha value is -1.28. The first-order chi connectivity index (χ1) is 11.4. The summed E-state index contributed by atoms with van der Waals surface area (Å²) in [6, 6.07) is 7.20. The highest BCUT2D eigenvalue weighted by molar-refractivity contribution is 7.89. The van der Waals surface area contributed by atoms with Crippen LogP contribution in [0.15, 0.2) is 34.5 Å². The molecule has 1 unspecified atom stereocenters. The Labute approximate surface area is 147 Å². The molecule has 1 fully saturated rings. The van der Waals surface area contributed by atoms with Crippen molar-refractivity contribution in [1.29, 1.82) is 0 Å². The van der Waals surface area contributed by atoms with E-state index in [9.17, 15) is 8.42 Å².